The zero-order chi connectivity index (χ0) is 26.3. The minimum atomic E-state index is -3.59. The topological polar surface area (TPSA) is 104 Å². The van der Waals surface area contributed by atoms with Crippen LogP contribution >= 0.6 is 0 Å². The predicted molar refractivity (Wildman–Crippen MR) is 146 cm³/mol. The van der Waals surface area contributed by atoms with Gasteiger partial charge in [0.25, 0.3) is 5.91 Å². The summed E-state index contributed by atoms with van der Waals surface area (Å²) in [6, 6.07) is 11.3. The van der Waals surface area contributed by atoms with E-state index in [-0.39, 0.29) is 16.2 Å². The molecule has 1 amide bonds. The van der Waals surface area contributed by atoms with Gasteiger partial charge in [-0.2, -0.15) is 0 Å². The molecule has 36 heavy (non-hydrogen) atoms. The van der Waals surface area contributed by atoms with Crippen LogP contribution in [-0.2, 0) is 19.9 Å². The second kappa shape index (κ2) is 12.1. The van der Waals surface area contributed by atoms with Gasteiger partial charge in [0.1, 0.15) is 0 Å². The largest absolute Gasteiger partial charge is 0.371 e. The van der Waals surface area contributed by atoms with Crippen molar-refractivity contribution in [2.24, 2.45) is 0 Å². The molecule has 1 aliphatic rings. The number of sulfone groups is 1. The van der Waals surface area contributed by atoms with Crippen molar-refractivity contribution in [3.05, 3.63) is 48.0 Å². The Morgan fingerprint density at radius 3 is 2.19 bits per heavy atom. The number of benzene rings is 2. The number of hydrogen-bond donors (Lipinski definition) is 1. The highest BCUT2D eigenvalue weighted by Gasteiger charge is 2.23. The molecule has 3 rings (SSSR count). The van der Waals surface area contributed by atoms with Crippen molar-refractivity contribution in [1.29, 1.82) is 0 Å². The van der Waals surface area contributed by atoms with Gasteiger partial charge in [0.15, 0.2) is 9.84 Å². The van der Waals surface area contributed by atoms with Gasteiger partial charge in [0.2, 0.25) is 10.0 Å². The van der Waals surface area contributed by atoms with Crippen molar-refractivity contribution in [1.82, 2.24) is 0 Å². The zero-order valence-corrected chi connectivity index (χ0v) is 23.0. The van der Waals surface area contributed by atoms with Gasteiger partial charge in [0.05, 0.1) is 28.2 Å². The number of anilines is 3. The molecule has 1 fully saturated rings. The quantitative estimate of drug-likeness (QED) is 0.396. The van der Waals surface area contributed by atoms with Crippen LogP contribution in [0.25, 0.3) is 0 Å². The molecule has 0 aromatic heterocycles. The molecule has 198 valence electrons. The predicted octanol–water partition coefficient (Wildman–Crippen LogP) is 4.68. The summed E-state index contributed by atoms with van der Waals surface area (Å²) >= 11 is 0. The molecule has 1 saturated heterocycles. The Morgan fingerprint density at radius 2 is 1.58 bits per heavy atom. The Balaban J connectivity index is 1.76. The van der Waals surface area contributed by atoms with Crippen LogP contribution in [0.5, 0.6) is 0 Å². The maximum Gasteiger partial charge on any atom is 0.257 e. The van der Waals surface area contributed by atoms with Crippen LogP contribution in [0.1, 0.15) is 62.2 Å². The fraction of sp³-hybridized carbons (Fsp3) is 0.500. The van der Waals surface area contributed by atoms with Crippen molar-refractivity contribution >= 4 is 42.8 Å². The van der Waals surface area contributed by atoms with E-state index in [1.807, 2.05) is 6.07 Å². The molecule has 2 aromatic rings. The van der Waals surface area contributed by atoms with Crippen LogP contribution in [0, 0.1) is 0 Å². The molecule has 1 heterocycles. The van der Waals surface area contributed by atoms with Gasteiger partial charge in [-0.15, -0.1) is 0 Å². The number of rotatable bonds is 12. The first-order valence-corrected chi connectivity index (χ1v) is 16.0. The molecule has 0 unspecified atom stereocenters. The number of nitrogens with one attached hydrogen (secondary N) is 1. The molecule has 0 aliphatic carbocycles. The summed E-state index contributed by atoms with van der Waals surface area (Å²) in [6.45, 7) is 3.90. The summed E-state index contributed by atoms with van der Waals surface area (Å²) in [6.07, 6.45) is 8.01. The highest BCUT2D eigenvalue weighted by Crippen LogP contribution is 2.30. The van der Waals surface area contributed by atoms with Gasteiger partial charge < -0.3 is 10.2 Å². The lowest BCUT2D eigenvalue weighted by atomic mass is 10.1. The summed E-state index contributed by atoms with van der Waals surface area (Å²) < 4.78 is 50.9. The number of hydrogen-bond acceptors (Lipinski definition) is 6. The zero-order valence-electron chi connectivity index (χ0n) is 21.4. The van der Waals surface area contributed by atoms with Crippen molar-refractivity contribution < 1.29 is 21.6 Å². The Bertz CT molecular complexity index is 1250. The van der Waals surface area contributed by atoms with Crippen LogP contribution in [0.15, 0.2) is 47.4 Å². The van der Waals surface area contributed by atoms with Crippen molar-refractivity contribution in [2.45, 2.75) is 56.8 Å². The lowest BCUT2D eigenvalue weighted by molar-refractivity contribution is 0.102. The highest BCUT2D eigenvalue weighted by molar-refractivity contribution is 7.92. The van der Waals surface area contributed by atoms with E-state index in [1.54, 1.807) is 24.3 Å². The number of sulfonamides is 1. The molecule has 0 radical (unpaired) electrons. The standard InChI is InChI=1S/C26H37N3O5S2/c1-4-5-6-7-10-19-36(33,34)23-14-11-21(12-15-23)27-26(30)24-16-13-22(29-17-8-9-18-29)20-25(24)28(2)35(3,31)32/h11-16,20H,4-10,17-19H2,1-3H3,(H,27,30). The third kappa shape index (κ3) is 7.22. The average Bonchev–Trinajstić information content (AvgIpc) is 3.38. The second-order valence-electron chi connectivity index (χ2n) is 9.34. The molecule has 2 aromatic carbocycles. The summed E-state index contributed by atoms with van der Waals surface area (Å²) in [5.74, 6) is -0.368. The number of amides is 1. The van der Waals surface area contributed by atoms with E-state index in [1.165, 1.54) is 19.2 Å². The number of carbonyl (C=O) groups is 1. The van der Waals surface area contributed by atoms with Crippen molar-refractivity contribution in [3.8, 4) is 0 Å². The normalized spacial score (nSPS) is 14.1. The van der Waals surface area contributed by atoms with E-state index < -0.39 is 25.8 Å². The first kappa shape index (κ1) is 28.0. The van der Waals surface area contributed by atoms with Crippen molar-refractivity contribution in [2.75, 3.05) is 46.7 Å². The molecule has 1 N–H and O–H groups in total. The molecule has 1 aliphatic heterocycles. The molecule has 0 atom stereocenters. The van der Waals surface area contributed by atoms with Gasteiger partial charge in [-0.05, 0) is 61.7 Å². The lowest BCUT2D eigenvalue weighted by Gasteiger charge is -2.24. The SMILES string of the molecule is CCCCCCCS(=O)(=O)c1ccc(NC(=O)c2ccc(N3CCCC3)cc2N(C)S(C)(=O)=O)cc1. The van der Waals surface area contributed by atoms with E-state index in [0.29, 0.717) is 17.8 Å². The van der Waals surface area contributed by atoms with E-state index in [0.717, 1.165) is 67.9 Å². The summed E-state index contributed by atoms with van der Waals surface area (Å²) in [7, 11) is -5.55. The molecule has 0 spiro atoms. The van der Waals surface area contributed by atoms with Gasteiger partial charge in [-0.3, -0.25) is 9.10 Å². The fourth-order valence-electron chi connectivity index (χ4n) is 4.28. The molecule has 0 bridgehead atoms. The van der Waals surface area contributed by atoms with Crippen LogP contribution in [0.3, 0.4) is 0 Å². The van der Waals surface area contributed by atoms with Crippen LogP contribution in [0.2, 0.25) is 0 Å². The molecule has 8 nitrogen and oxygen atoms in total. The lowest BCUT2D eigenvalue weighted by Crippen LogP contribution is -2.28. The molecular formula is C26H37N3O5S2. The van der Waals surface area contributed by atoms with E-state index in [2.05, 4.69) is 17.1 Å². The van der Waals surface area contributed by atoms with Crippen LogP contribution in [0.4, 0.5) is 17.1 Å². The van der Waals surface area contributed by atoms with Crippen molar-refractivity contribution in [3.63, 3.8) is 0 Å². The average molecular weight is 536 g/mol. The Labute approximate surface area is 215 Å². The maximum absolute atomic E-state index is 13.1. The molecule has 0 saturated carbocycles. The third-order valence-corrected chi connectivity index (χ3v) is 9.53. The highest BCUT2D eigenvalue weighted by atomic mass is 32.2. The maximum atomic E-state index is 13.1. The first-order valence-electron chi connectivity index (χ1n) is 12.5. The molecular weight excluding hydrogens is 498 g/mol. The third-order valence-electron chi connectivity index (χ3n) is 6.52. The fourth-order valence-corrected chi connectivity index (χ4v) is 6.16. The monoisotopic (exact) mass is 535 g/mol. The Morgan fingerprint density at radius 1 is 0.944 bits per heavy atom. The summed E-state index contributed by atoms with van der Waals surface area (Å²) in [5, 5.41) is 2.77. The summed E-state index contributed by atoms with van der Waals surface area (Å²) in [4.78, 5) is 15.5. The smallest absolute Gasteiger partial charge is 0.257 e. The van der Waals surface area contributed by atoms with Gasteiger partial charge >= 0.3 is 0 Å². The number of unbranched alkanes of at least 4 members (excludes halogenated alkanes) is 4. The second-order valence-corrected chi connectivity index (χ2v) is 13.5. The summed E-state index contributed by atoms with van der Waals surface area (Å²) in [5.41, 5.74) is 1.81. The minimum Gasteiger partial charge on any atom is -0.371 e. The Kier molecular flexibility index (Phi) is 9.41. The van der Waals surface area contributed by atoms with Gasteiger partial charge in [-0.1, -0.05) is 32.6 Å². The van der Waals surface area contributed by atoms with Crippen LogP contribution < -0.4 is 14.5 Å². The number of carbonyl (C=O) groups excluding carboxylic acids is 1. The Hall–Kier alpha value is -2.59. The van der Waals surface area contributed by atoms with Gasteiger partial charge in [-0.25, -0.2) is 16.8 Å². The van der Waals surface area contributed by atoms with E-state index in [9.17, 15) is 21.6 Å². The van der Waals surface area contributed by atoms with Crippen LogP contribution in [-0.4, -0.2) is 54.9 Å². The number of nitrogens with zero attached hydrogens (tertiary/aromatic N) is 2. The first-order chi connectivity index (χ1) is 17.0. The van der Waals surface area contributed by atoms with Gasteiger partial charge in [0, 0.05) is 31.5 Å². The molecule has 10 heteroatoms. The minimum absolute atomic E-state index is 0.104. The van der Waals surface area contributed by atoms with E-state index in [4.69, 9.17) is 0 Å². The van der Waals surface area contributed by atoms with E-state index >= 15 is 0 Å².